The summed E-state index contributed by atoms with van der Waals surface area (Å²) in [5, 5.41) is 12.0. The minimum Gasteiger partial charge on any atom is -0.395 e. The van der Waals surface area contributed by atoms with E-state index >= 15 is 0 Å². The molecule has 14 heavy (non-hydrogen) atoms. The molecule has 2 N–H and O–H groups in total. The first-order valence-electron chi connectivity index (χ1n) is 5.03. The fourth-order valence-electron chi connectivity index (χ4n) is 1.68. The van der Waals surface area contributed by atoms with Gasteiger partial charge >= 0.3 is 0 Å². The minimum atomic E-state index is -0.0542. The standard InChI is InChI=1S/C10H18N2O2/c1-2-6-12(7-8-13)10(14)9-4-3-5-11-9/h2,9,11,13H,1,3-8H2/t9-/m0/s1. The van der Waals surface area contributed by atoms with Crippen LogP contribution >= 0.6 is 0 Å². The zero-order valence-corrected chi connectivity index (χ0v) is 8.41. The van der Waals surface area contributed by atoms with Crippen LogP contribution < -0.4 is 5.32 Å². The number of hydrogen-bond donors (Lipinski definition) is 2. The molecule has 4 heteroatoms. The zero-order valence-electron chi connectivity index (χ0n) is 8.41. The number of nitrogens with zero attached hydrogens (tertiary/aromatic N) is 1. The Labute approximate surface area is 84.6 Å². The normalized spacial score (nSPS) is 20.8. The van der Waals surface area contributed by atoms with Crippen molar-refractivity contribution in [3.63, 3.8) is 0 Å². The third-order valence-corrected chi connectivity index (χ3v) is 2.39. The van der Waals surface area contributed by atoms with Crippen molar-refractivity contribution in [2.45, 2.75) is 18.9 Å². The molecule has 0 aromatic rings. The largest absolute Gasteiger partial charge is 0.395 e. The summed E-state index contributed by atoms with van der Waals surface area (Å²) in [6.45, 7) is 5.42. The highest BCUT2D eigenvalue weighted by Crippen LogP contribution is 2.08. The van der Waals surface area contributed by atoms with Crippen LogP contribution in [0.25, 0.3) is 0 Å². The molecular weight excluding hydrogens is 180 g/mol. The Bertz CT molecular complexity index is 200. The van der Waals surface area contributed by atoms with Crippen molar-refractivity contribution in [2.75, 3.05) is 26.2 Å². The summed E-state index contributed by atoms with van der Waals surface area (Å²) in [6, 6.07) is -0.0542. The van der Waals surface area contributed by atoms with Gasteiger partial charge in [-0.15, -0.1) is 6.58 Å². The third kappa shape index (κ3) is 2.82. The summed E-state index contributed by atoms with van der Waals surface area (Å²) < 4.78 is 0. The van der Waals surface area contributed by atoms with Crippen molar-refractivity contribution in [3.8, 4) is 0 Å². The maximum Gasteiger partial charge on any atom is 0.240 e. The second-order valence-corrected chi connectivity index (χ2v) is 3.45. The lowest BCUT2D eigenvalue weighted by Gasteiger charge is -2.23. The zero-order chi connectivity index (χ0) is 10.4. The van der Waals surface area contributed by atoms with Gasteiger partial charge in [-0.25, -0.2) is 0 Å². The summed E-state index contributed by atoms with van der Waals surface area (Å²) in [4.78, 5) is 13.5. The van der Waals surface area contributed by atoms with Gasteiger partial charge in [-0.1, -0.05) is 6.08 Å². The number of aliphatic hydroxyl groups is 1. The van der Waals surface area contributed by atoms with Gasteiger partial charge in [0.2, 0.25) is 5.91 Å². The van der Waals surface area contributed by atoms with E-state index in [1.54, 1.807) is 11.0 Å². The SMILES string of the molecule is C=CCN(CCO)C(=O)[C@@H]1CCCN1. The van der Waals surface area contributed by atoms with Crippen molar-refractivity contribution in [1.29, 1.82) is 0 Å². The van der Waals surface area contributed by atoms with Gasteiger partial charge < -0.3 is 15.3 Å². The number of amides is 1. The highest BCUT2D eigenvalue weighted by molar-refractivity contribution is 5.82. The molecule has 1 fully saturated rings. The van der Waals surface area contributed by atoms with Crippen LogP contribution in [-0.4, -0.2) is 48.2 Å². The molecular formula is C10H18N2O2. The Balaban J connectivity index is 2.47. The lowest BCUT2D eigenvalue weighted by atomic mass is 10.2. The first-order valence-corrected chi connectivity index (χ1v) is 5.03. The molecule has 1 heterocycles. The van der Waals surface area contributed by atoms with Crippen LogP contribution in [0.15, 0.2) is 12.7 Å². The van der Waals surface area contributed by atoms with E-state index in [9.17, 15) is 4.79 Å². The third-order valence-electron chi connectivity index (χ3n) is 2.39. The Morgan fingerprint density at radius 2 is 2.50 bits per heavy atom. The van der Waals surface area contributed by atoms with Gasteiger partial charge in [-0.2, -0.15) is 0 Å². The molecule has 80 valence electrons. The molecule has 0 aromatic heterocycles. The predicted molar refractivity (Wildman–Crippen MR) is 54.9 cm³/mol. The van der Waals surface area contributed by atoms with Crippen molar-refractivity contribution >= 4 is 5.91 Å². The van der Waals surface area contributed by atoms with Gasteiger partial charge in [0, 0.05) is 13.1 Å². The van der Waals surface area contributed by atoms with Gasteiger partial charge in [-0.3, -0.25) is 4.79 Å². The predicted octanol–water partition coefficient (Wildman–Crippen LogP) is -0.255. The Hall–Kier alpha value is -0.870. The molecule has 1 rings (SSSR count). The molecule has 1 amide bonds. The van der Waals surface area contributed by atoms with E-state index < -0.39 is 0 Å². The Kier molecular flexibility index (Phi) is 4.62. The molecule has 0 saturated carbocycles. The quantitative estimate of drug-likeness (QED) is 0.599. The van der Waals surface area contributed by atoms with Gasteiger partial charge in [-0.05, 0) is 19.4 Å². The number of carbonyl (C=O) groups excluding carboxylic acids is 1. The summed E-state index contributed by atoms with van der Waals surface area (Å²) >= 11 is 0. The van der Waals surface area contributed by atoms with E-state index in [2.05, 4.69) is 11.9 Å². The average Bonchev–Trinajstić information content (AvgIpc) is 2.69. The second-order valence-electron chi connectivity index (χ2n) is 3.45. The molecule has 0 aliphatic carbocycles. The molecule has 1 aliphatic heterocycles. The molecule has 0 aromatic carbocycles. The topological polar surface area (TPSA) is 52.6 Å². The molecule has 0 bridgehead atoms. The van der Waals surface area contributed by atoms with Crippen LogP contribution in [0.4, 0.5) is 0 Å². The van der Waals surface area contributed by atoms with Crippen LogP contribution in [0.2, 0.25) is 0 Å². The maximum absolute atomic E-state index is 11.8. The molecule has 4 nitrogen and oxygen atoms in total. The first kappa shape index (κ1) is 11.2. The van der Waals surface area contributed by atoms with E-state index in [4.69, 9.17) is 5.11 Å². The maximum atomic E-state index is 11.8. The smallest absolute Gasteiger partial charge is 0.240 e. The lowest BCUT2D eigenvalue weighted by molar-refractivity contribution is -0.133. The molecule has 0 radical (unpaired) electrons. The summed E-state index contributed by atoms with van der Waals surface area (Å²) in [7, 11) is 0. The molecule has 0 spiro atoms. The van der Waals surface area contributed by atoms with Gasteiger partial charge in [0.1, 0.15) is 0 Å². The highest BCUT2D eigenvalue weighted by atomic mass is 16.3. The van der Waals surface area contributed by atoms with E-state index in [0.717, 1.165) is 19.4 Å². The molecule has 0 unspecified atom stereocenters. The first-order chi connectivity index (χ1) is 6.79. The minimum absolute atomic E-state index is 0.00625. The number of hydrogen-bond acceptors (Lipinski definition) is 3. The average molecular weight is 198 g/mol. The van der Waals surface area contributed by atoms with E-state index in [1.807, 2.05) is 0 Å². The molecule has 1 aliphatic rings. The van der Waals surface area contributed by atoms with Crippen molar-refractivity contribution in [2.24, 2.45) is 0 Å². The highest BCUT2D eigenvalue weighted by Gasteiger charge is 2.25. The van der Waals surface area contributed by atoms with Crippen LogP contribution in [0.3, 0.4) is 0 Å². The Morgan fingerprint density at radius 1 is 1.71 bits per heavy atom. The van der Waals surface area contributed by atoms with Gasteiger partial charge in [0.15, 0.2) is 0 Å². The summed E-state index contributed by atoms with van der Waals surface area (Å²) in [5.41, 5.74) is 0. The van der Waals surface area contributed by atoms with Crippen LogP contribution in [0, 0.1) is 0 Å². The number of nitrogens with one attached hydrogen (secondary N) is 1. The van der Waals surface area contributed by atoms with Gasteiger partial charge in [0.25, 0.3) is 0 Å². The summed E-state index contributed by atoms with van der Waals surface area (Å²) in [6.07, 6.45) is 3.64. The molecule has 1 atom stereocenters. The van der Waals surface area contributed by atoms with Crippen molar-refractivity contribution < 1.29 is 9.90 Å². The fraction of sp³-hybridized carbons (Fsp3) is 0.700. The van der Waals surface area contributed by atoms with E-state index in [-0.39, 0.29) is 18.6 Å². The van der Waals surface area contributed by atoms with Crippen LogP contribution in [0.5, 0.6) is 0 Å². The Morgan fingerprint density at radius 3 is 3.00 bits per heavy atom. The number of carbonyl (C=O) groups is 1. The molecule has 1 saturated heterocycles. The van der Waals surface area contributed by atoms with Crippen LogP contribution in [0.1, 0.15) is 12.8 Å². The lowest BCUT2D eigenvalue weighted by Crippen LogP contribution is -2.44. The van der Waals surface area contributed by atoms with Gasteiger partial charge in [0.05, 0.1) is 12.6 Å². The fourth-order valence-corrected chi connectivity index (χ4v) is 1.68. The monoisotopic (exact) mass is 198 g/mol. The van der Waals surface area contributed by atoms with Crippen molar-refractivity contribution in [3.05, 3.63) is 12.7 Å². The van der Waals surface area contributed by atoms with E-state index in [1.165, 1.54) is 0 Å². The number of aliphatic hydroxyl groups excluding tert-OH is 1. The van der Waals surface area contributed by atoms with Crippen LogP contribution in [-0.2, 0) is 4.79 Å². The van der Waals surface area contributed by atoms with Crippen molar-refractivity contribution in [1.82, 2.24) is 10.2 Å². The van der Waals surface area contributed by atoms with E-state index in [0.29, 0.717) is 13.1 Å². The number of rotatable bonds is 5. The summed E-state index contributed by atoms with van der Waals surface area (Å²) in [5.74, 6) is 0.0800. The second kappa shape index (κ2) is 5.78.